The van der Waals surface area contributed by atoms with Gasteiger partial charge < -0.3 is 9.64 Å². The van der Waals surface area contributed by atoms with E-state index in [0.717, 1.165) is 31.6 Å². The highest BCUT2D eigenvalue weighted by Crippen LogP contribution is 2.24. The molecule has 0 saturated carbocycles. The molecule has 1 fully saturated rings. The summed E-state index contributed by atoms with van der Waals surface area (Å²) in [5, 5.41) is 0. The Morgan fingerprint density at radius 1 is 1.20 bits per heavy atom. The molecule has 20 heavy (non-hydrogen) atoms. The largest absolute Gasteiger partial charge is 0.469 e. The normalized spacial score (nSPS) is 15.8. The number of rotatable bonds is 4. The van der Waals surface area contributed by atoms with Gasteiger partial charge in [-0.15, -0.1) is 0 Å². The number of methoxy groups -OCH3 is 1. The van der Waals surface area contributed by atoms with Crippen molar-refractivity contribution in [3.05, 3.63) is 29.8 Å². The van der Waals surface area contributed by atoms with Gasteiger partial charge in [0.25, 0.3) is 0 Å². The van der Waals surface area contributed by atoms with Crippen molar-refractivity contribution in [2.45, 2.75) is 12.8 Å². The summed E-state index contributed by atoms with van der Waals surface area (Å²) in [5.41, 5.74) is 1.39. The first-order valence-electron chi connectivity index (χ1n) is 6.58. The van der Waals surface area contributed by atoms with E-state index in [0.29, 0.717) is 11.8 Å². The van der Waals surface area contributed by atoms with E-state index in [4.69, 9.17) is 4.74 Å². The molecule has 0 atom stereocenters. The second-order valence-corrected chi connectivity index (χ2v) is 4.81. The van der Waals surface area contributed by atoms with E-state index in [2.05, 4.69) is 4.90 Å². The summed E-state index contributed by atoms with van der Waals surface area (Å²) in [6.45, 7) is 1.56. The minimum Gasteiger partial charge on any atom is -0.469 e. The van der Waals surface area contributed by atoms with Gasteiger partial charge in [0.15, 0.2) is 6.29 Å². The number of nitrogens with zero attached hydrogens (tertiary/aromatic N) is 1. The fraction of sp³-hybridized carbons (Fsp3) is 0.400. The molecule has 1 saturated heterocycles. The summed E-state index contributed by atoms with van der Waals surface area (Å²) in [4.78, 5) is 35.2. The van der Waals surface area contributed by atoms with Crippen LogP contribution < -0.4 is 4.90 Å². The number of ketones is 1. The van der Waals surface area contributed by atoms with Gasteiger partial charge in [-0.2, -0.15) is 0 Å². The maximum atomic E-state index is 11.5. The van der Waals surface area contributed by atoms with E-state index < -0.39 is 5.78 Å². The monoisotopic (exact) mass is 275 g/mol. The fourth-order valence-corrected chi connectivity index (χ4v) is 2.44. The van der Waals surface area contributed by atoms with Crippen LogP contribution in [0.2, 0.25) is 0 Å². The first-order chi connectivity index (χ1) is 9.65. The van der Waals surface area contributed by atoms with Gasteiger partial charge in [-0.1, -0.05) is 0 Å². The zero-order valence-corrected chi connectivity index (χ0v) is 11.4. The van der Waals surface area contributed by atoms with E-state index in [1.165, 1.54) is 7.11 Å². The third kappa shape index (κ3) is 3.04. The number of ether oxygens (including phenoxy) is 1. The van der Waals surface area contributed by atoms with Crippen molar-refractivity contribution < 1.29 is 19.1 Å². The molecule has 106 valence electrons. The molecule has 5 heteroatoms. The van der Waals surface area contributed by atoms with Crippen LogP contribution in [0.5, 0.6) is 0 Å². The molecule has 0 radical (unpaired) electrons. The summed E-state index contributed by atoms with van der Waals surface area (Å²) in [6.07, 6.45) is 1.85. The molecular weight excluding hydrogens is 258 g/mol. The number of carbonyl (C=O) groups is 3. The molecule has 0 spiro atoms. The number of benzene rings is 1. The molecule has 2 rings (SSSR count). The standard InChI is InChI=1S/C15H17NO4/c1-20-15(19)12-6-8-16(9-7-12)13-4-2-11(3-5-13)14(18)10-17/h2-5,10,12H,6-9H2,1H3. The topological polar surface area (TPSA) is 63.7 Å². The molecule has 0 amide bonds. The Hall–Kier alpha value is -2.17. The first kappa shape index (κ1) is 14.2. The first-order valence-corrected chi connectivity index (χ1v) is 6.58. The second kappa shape index (κ2) is 6.32. The molecule has 0 bridgehead atoms. The van der Waals surface area contributed by atoms with E-state index >= 15 is 0 Å². The number of aldehydes is 1. The third-order valence-electron chi connectivity index (χ3n) is 3.65. The Kier molecular flexibility index (Phi) is 4.50. The smallest absolute Gasteiger partial charge is 0.308 e. The van der Waals surface area contributed by atoms with Gasteiger partial charge in [-0.3, -0.25) is 14.4 Å². The maximum absolute atomic E-state index is 11.5. The molecule has 1 aliphatic heterocycles. The van der Waals surface area contributed by atoms with Crippen molar-refractivity contribution in [1.82, 2.24) is 0 Å². The zero-order valence-electron chi connectivity index (χ0n) is 11.4. The number of carbonyl (C=O) groups excluding carboxylic acids is 3. The average molecular weight is 275 g/mol. The molecule has 1 aromatic carbocycles. The highest BCUT2D eigenvalue weighted by molar-refractivity contribution is 6.33. The van der Waals surface area contributed by atoms with Crippen LogP contribution >= 0.6 is 0 Å². The van der Waals surface area contributed by atoms with Crippen LogP contribution in [-0.2, 0) is 14.3 Å². The Balaban J connectivity index is 1.98. The lowest BCUT2D eigenvalue weighted by Gasteiger charge is -2.32. The van der Waals surface area contributed by atoms with Crippen LogP contribution in [0.4, 0.5) is 5.69 Å². The third-order valence-corrected chi connectivity index (χ3v) is 3.65. The Morgan fingerprint density at radius 2 is 1.80 bits per heavy atom. The summed E-state index contributed by atoms with van der Waals surface area (Å²) in [5.74, 6) is -0.676. The van der Waals surface area contributed by atoms with Crippen LogP contribution in [0.25, 0.3) is 0 Å². The van der Waals surface area contributed by atoms with Crippen molar-refractivity contribution in [2.24, 2.45) is 5.92 Å². The number of hydrogen-bond donors (Lipinski definition) is 0. The highest BCUT2D eigenvalue weighted by atomic mass is 16.5. The van der Waals surface area contributed by atoms with Crippen molar-refractivity contribution in [3.63, 3.8) is 0 Å². The van der Waals surface area contributed by atoms with Gasteiger partial charge in [0.2, 0.25) is 5.78 Å². The summed E-state index contributed by atoms with van der Waals surface area (Å²) in [6, 6.07) is 6.96. The van der Waals surface area contributed by atoms with Crippen LogP contribution in [-0.4, -0.2) is 38.2 Å². The SMILES string of the molecule is COC(=O)C1CCN(c2ccc(C(=O)C=O)cc2)CC1. The van der Waals surface area contributed by atoms with E-state index in [9.17, 15) is 14.4 Å². The van der Waals surface area contributed by atoms with Crippen molar-refractivity contribution in [1.29, 1.82) is 0 Å². The van der Waals surface area contributed by atoms with Crippen LogP contribution in [0, 0.1) is 5.92 Å². The predicted octanol–water partition coefficient (Wildman–Crippen LogP) is 1.46. The number of Topliss-reactive ketones (excluding diaryl/α,β-unsaturated/α-hetero) is 1. The van der Waals surface area contributed by atoms with E-state index in [1.54, 1.807) is 12.1 Å². The van der Waals surface area contributed by atoms with E-state index in [1.807, 2.05) is 12.1 Å². The summed E-state index contributed by atoms with van der Waals surface area (Å²) in [7, 11) is 1.41. The van der Waals surface area contributed by atoms with Crippen LogP contribution in [0.15, 0.2) is 24.3 Å². The van der Waals surface area contributed by atoms with Gasteiger partial charge in [-0.05, 0) is 37.1 Å². The minimum absolute atomic E-state index is 0.0211. The molecule has 5 nitrogen and oxygen atoms in total. The van der Waals surface area contributed by atoms with Crippen molar-refractivity contribution in [2.75, 3.05) is 25.1 Å². The quantitative estimate of drug-likeness (QED) is 0.360. The fourth-order valence-electron chi connectivity index (χ4n) is 2.44. The predicted molar refractivity (Wildman–Crippen MR) is 73.8 cm³/mol. The number of anilines is 1. The zero-order chi connectivity index (χ0) is 14.5. The van der Waals surface area contributed by atoms with Crippen molar-refractivity contribution in [3.8, 4) is 0 Å². The Bertz CT molecular complexity index is 501. The molecule has 1 aliphatic rings. The maximum Gasteiger partial charge on any atom is 0.308 e. The Labute approximate surface area is 117 Å². The van der Waals surface area contributed by atoms with Crippen molar-refractivity contribution >= 4 is 23.7 Å². The molecule has 0 unspecified atom stereocenters. The molecule has 0 aliphatic carbocycles. The lowest BCUT2D eigenvalue weighted by molar-refractivity contribution is -0.146. The average Bonchev–Trinajstić information content (AvgIpc) is 2.53. The summed E-state index contributed by atoms with van der Waals surface area (Å²) >= 11 is 0. The van der Waals surface area contributed by atoms with Gasteiger partial charge in [0.1, 0.15) is 0 Å². The highest BCUT2D eigenvalue weighted by Gasteiger charge is 2.25. The molecule has 1 heterocycles. The second-order valence-electron chi connectivity index (χ2n) is 4.81. The van der Waals surface area contributed by atoms with Crippen LogP contribution in [0.3, 0.4) is 0 Å². The molecular formula is C15H17NO4. The van der Waals surface area contributed by atoms with Gasteiger partial charge in [0.05, 0.1) is 13.0 Å². The number of piperidine rings is 1. The van der Waals surface area contributed by atoms with Crippen LogP contribution in [0.1, 0.15) is 23.2 Å². The van der Waals surface area contributed by atoms with E-state index in [-0.39, 0.29) is 11.9 Å². The molecule has 0 N–H and O–H groups in total. The number of hydrogen-bond acceptors (Lipinski definition) is 5. The van der Waals surface area contributed by atoms with Gasteiger partial charge in [-0.25, -0.2) is 0 Å². The molecule has 0 aromatic heterocycles. The lowest BCUT2D eigenvalue weighted by atomic mass is 9.96. The number of esters is 1. The lowest BCUT2D eigenvalue weighted by Crippen LogP contribution is -2.36. The summed E-state index contributed by atoms with van der Waals surface area (Å²) < 4.78 is 4.76. The molecule has 1 aromatic rings. The Morgan fingerprint density at radius 3 is 2.30 bits per heavy atom. The van der Waals surface area contributed by atoms with Gasteiger partial charge >= 0.3 is 5.97 Å². The minimum atomic E-state index is -0.513. The van der Waals surface area contributed by atoms with Gasteiger partial charge in [0, 0.05) is 24.3 Å².